The van der Waals surface area contributed by atoms with E-state index in [1.165, 1.54) is 6.42 Å². The molecule has 10 heavy (non-hydrogen) atoms. The SMILES string of the molecule is C#CCC1CCC(N)C1C. The summed E-state index contributed by atoms with van der Waals surface area (Å²) in [7, 11) is 0. The van der Waals surface area contributed by atoms with Crippen LogP contribution in [-0.2, 0) is 0 Å². The lowest BCUT2D eigenvalue weighted by Gasteiger charge is -2.14. The second kappa shape index (κ2) is 3.07. The zero-order chi connectivity index (χ0) is 7.56. The van der Waals surface area contributed by atoms with Crippen LogP contribution >= 0.6 is 0 Å². The van der Waals surface area contributed by atoms with Crippen molar-refractivity contribution in [3.05, 3.63) is 0 Å². The Bertz CT molecular complexity index is 145. The fourth-order valence-corrected chi connectivity index (χ4v) is 1.72. The molecule has 0 aromatic rings. The standard InChI is InChI=1S/C9H15N/c1-3-4-8-5-6-9(10)7(8)2/h1,7-9H,4-6,10H2,2H3. The van der Waals surface area contributed by atoms with E-state index in [0.29, 0.717) is 17.9 Å². The molecule has 0 amide bonds. The van der Waals surface area contributed by atoms with Crippen LogP contribution in [0.2, 0.25) is 0 Å². The maximum Gasteiger partial charge on any atom is 0.0118 e. The van der Waals surface area contributed by atoms with Gasteiger partial charge in [0.05, 0.1) is 0 Å². The van der Waals surface area contributed by atoms with Crippen LogP contribution < -0.4 is 5.73 Å². The minimum Gasteiger partial charge on any atom is -0.327 e. The van der Waals surface area contributed by atoms with Gasteiger partial charge in [-0.25, -0.2) is 0 Å². The van der Waals surface area contributed by atoms with Gasteiger partial charge >= 0.3 is 0 Å². The monoisotopic (exact) mass is 137 g/mol. The summed E-state index contributed by atoms with van der Waals surface area (Å²) < 4.78 is 0. The average molecular weight is 137 g/mol. The highest BCUT2D eigenvalue weighted by Crippen LogP contribution is 2.32. The van der Waals surface area contributed by atoms with Gasteiger partial charge in [-0.2, -0.15) is 0 Å². The van der Waals surface area contributed by atoms with Crippen LogP contribution in [0, 0.1) is 24.2 Å². The van der Waals surface area contributed by atoms with Gasteiger partial charge in [0.2, 0.25) is 0 Å². The second-order valence-corrected chi connectivity index (χ2v) is 3.27. The summed E-state index contributed by atoms with van der Waals surface area (Å²) in [5, 5.41) is 0. The van der Waals surface area contributed by atoms with E-state index in [-0.39, 0.29) is 0 Å². The summed E-state index contributed by atoms with van der Waals surface area (Å²) in [6, 6.07) is 0.401. The van der Waals surface area contributed by atoms with E-state index in [1.807, 2.05) is 0 Å². The number of terminal acetylenes is 1. The zero-order valence-corrected chi connectivity index (χ0v) is 6.51. The van der Waals surface area contributed by atoms with Crippen LogP contribution in [0.3, 0.4) is 0 Å². The summed E-state index contributed by atoms with van der Waals surface area (Å²) in [6.45, 7) is 2.21. The first-order valence-corrected chi connectivity index (χ1v) is 3.94. The van der Waals surface area contributed by atoms with E-state index in [9.17, 15) is 0 Å². The molecule has 0 aromatic heterocycles. The summed E-state index contributed by atoms with van der Waals surface area (Å²) in [6.07, 6.45) is 8.53. The van der Waals surface area contributed by atoms with Crippen molar-refractivity contribution in [3.8, 4) is 12.3 Å². The quantitative estimate of drug-likeness (QED) is 0.543. The zero-order valence-electron chi connectivity index (χ0n) is 6.51. The van der Waals surface area contributed by atoms with Gasteiger partial charge in [0, 0.05) is 12.5 Å². The predicted molar refractivity (Wildman–Crippen MR) is 43.3 cm³/mol. The molecule has 2 N–H and O–H groups in total. The molecule has 1 fully saturated rings. The lowest BCUT2D eigenvalue weighted by molar-refractivity contribution is 0.400. The summed E-state index contributed by atoms with van der Waals surface area (Å²) in [5.74, 6) is 4.03. The highest BCUT2D eigenvalue weighted by molar-refractivity contribution is 4.93. The van der Waals surface area contributed by atoms with Crippen LogP contribution in [0.15, 0.2) is 0 Å². The highest BCUT2D eigenvalue weighted by Gasteiger charge is 2.28. The Morgan fingerprint density at radius 2 is 2.30 bits per heavy atom. The number of hydrogen-bond acceptors (Lipinski definition) is 1. The Balaban J connectivity index is 2.43. The Morgan fingerprint density at radius 1 is 1.60 bits per heavy atom. The molecule has 1 heteroatoms. The van der Waals surface area contributed by atoms with E-state index in [0.717, 1.165) is 12.8 Å². The Hall–Kier alpha value is -0.480. The Labute approximate surface area is 63.0 Å². The molecule has 1 aliphatic carbocycles. The fraction of sp³-hybridized carbons (Fsp3) is 0.778. The van der Waals surface area contributed by atoms with Gasteiger partial charge < -0.3 is 5.73 Å². The molecule has 1 nitrogen and oxygen atoms in total. The summed E-state index contributed by atoms with van der Waals surface area (Å²) in [4.78, 5) is 0. The van der Waals surface area contributed by atoms with Crippen molar-refractivity contribution >= 4 is 0 Å². The Morgan fingerprint density at radius 3 is 2.70 bits per heavy atom. The number of nitrogens with two attached hydrogens (primary N) is 1. The van der Waals surface area contributed by atoms with Crippen molar-refractivity contribution in [1.29, 1.82) is 0 Å². The molecular weight excluding hydrogens is 122 g/mol. The molecule has 3 atom stereocenters. The van der Waals surface area contributed by atoms with Crippen molar-refractivity contribution in [2.75, 3.05) is 0 Å². The van der Waals surface area contributed by atoms with Crippen LogP contribution in [0.4, 0.5) is 0 Å². The molecule has 0 bridgehead atoms. The van der Waals surface area contributed by atoms with E-state index in [2.05, 4.69) is 12.8 Å². The molecule has 1 saturated carbocycles. The molecule has 1 rings (SSSR count). The van der Waals surface area contributed by atoms with Crippen molar-refractivity contribution < 1.29 is 0 Å². The smallest absolute Gasteiger partial charge is 0.0118 e. The molecule has 56 valence electrons. The minimum atomic E-state index is 0.401. The van der Waals surface area contributed by atoms with E-state index in [4.69, 9.17) is 12.2 Å². The third-order valence-corrected chi connectivity index (χ3v) is 2.67. The average Bonchev–Trinajstić information content (AvgIpc) is 2.20. The van der Waals surface area contributed by atoms with Crippen molar-refractivity contribution in [2.24, 2.45) is 17.6 Å². The molecule has 0 heterocycles. The number of hydrogen-bond donors (Lipinski definition) is 1. The molecule has 0 radical (unpaired) electrons. The van der Waals surface area contributed by atoms with Gasteiger partial charge in [-0.05, 0) is 24.7 Å². The normalized spacial score (nSPS) is 39.5. The van der Waals surface area contributed by atoms with Crippen LogP contribution in [-0.4, -0.2) is 6.04 Å². The van der Waals surface area contributed by atoms with Gasteiger partial charge in [0.1, 0.15) is 0 Å². The molecular formula is C9H15N. The molecule has 1 aliphatic rings. The summed E-state index contributed by atoms with van der Waals surface area (Å²) in [5.41, 5.74) is 5.83. The van der Waals surface area contributed by atoms with Crippen LogP contribution in [0.25, 0.3) is 0 Å². The van der Waals surface area contributed by atoms with Gasteiger partial charge in [-0.1, -0.05) is 6.92 Å². The first-order chi connectivity index (χ1) is 4.75. The lowest BCUT2D eigenvalue weighted by atomic mass is 9.93. The first kappa shape index (κ1) is 7.63. The lowest BCUT2D eigenvalue weighted by Crippen LogP contribution is -2.24. The van der Waals surface area contributed by atoms with Crippen molar-refractivity contribution in [3.63, 3.8) is 0 Å². The minimum absolute atomic E-state index is 0.401. The van der Waals surface area contributed by atoms with Gasteiger partial charge in [-0.3, -0.25) is 0 Å². The largest absolute Gasteiger partial charge is 0.327 e. The third kappa shape index (κ3) is 1.33. The highest BCUT2D eigenvalue weighted by atomic mass is 14.7. The molecule has 0 spiro atoms. The maximum atomic E-state index is 5.83. The van der Waals surface area contributed by atoms with Gasteiger partial charge in [0.15, 0.2) is 0 Å². The molecule has 0 aromatic carbocycles. The van der Waals surface area contributed by atoms with E-state index < -0.39 is 0 Å². The molecule has 3 unspecified atom stereocenters. The number of rotatable bonds is 1. The predicted octanol–water partition coefficient (Wildman–Crippen LogP) is 1.38. The van der Waals surface area contributed by atoms with Gasteiger partial charge in [-0.15, -0.1) is 12.3 Å². The van der Waals surface area contributed by atoms with Crippen molar-refractivity contribution in [1.82, 2.24) is 0 Å². The summed E-state index contributed by atoms with van der Waals surface area (Å²) >= 11 is 0. The van der Waals surface area contributed by atoms with E-state index >= 15 is 0 Å². The molecule has 0 aliphatic heterocycles. The second-order valence-electron chi connectivity index (χ2n) is 3.27. The van der Waals surface area contributed by atoms with Crippen molar-refractivity contribution in [2.45, 2.75) is 32.2 Å². The maximum absolute atomic E-state index is 5.83. The Kier molecular flexibility index (Phi) is 2.34. The van der Waals surface area contributed by atoms with Crippen LogP contribution in [0.5, 0.6) is 0 Å². The fourth-order valence-electron chi connectivity index (χ4n) is 1.72. The first-order valence-electron chi connectivity index (χ1n) is 3.94. The van der Waals surface area contributed by atoms with Gasteiger partial charge in [0.25, 0.3) is 0 Å². The molecule has 0 saturated heterocycles. The third-order valence-electron chi connectivity index (χ3n) is 2.67. The van der Waals surface area contributed by atoms with Crippen LogP contribution in [0.1, 0.15) is 26.2 Å². The van der Waals surface area contributed by atoms with E-state index in [1.54, 1.807) is 0 Å². The topological polar surface area (TPSA) is 26.0 Å².